The second-order valence-corrected chi connectivity index (χ2v) is 8.42. The van der Waals surface area contributed by atoms with E-state index in [4.69, 9.17) is 5.73 Å². The van der Waals surface area contributed by atoms with Crippen LogP contribution in [0.3, 0.4) is 0 Å². The van der Waals surface area contributed by atoms with Gasteiger partial charge in [0, 0.05) is 11.4 Å². The van der Waals surface area contributed by atoms with E-state index in [2.05, 4.69) is 0 Å². The second-order valence-electron chi connectivity index (χ2n) is 7.32. The third-order valence-electron chi connectivity index (χ3n) is 5.78. The first-order valence-corrected chi connectivity index (χ1v) is 10.6. The van der Waals surface area contributed by atoms with E-state index in [0.29, 0.717) is 11.4 Å². The molecule has 2 heterocycles. The van der Waals surface area contributed by atoms with Crippen molar-refractivity contribution in [2.75, 3.05) is 17.2 Å². The molecule has 1 saturated carbocycles. The number of aliphatic carboxylic acids is 1. The number of carboxylic acid groups (broad SMARTS) is 1. The maximum absolute atomic E-state index is 13.1. The maximum atomic E-state index is 13.1. The molecule has 1 unspecified atom stereocenters. The molecule has 2 fully saturated rings. The Labute approximate surface area is 167 Å². The van der Waals surface area contributed by atoms with E-state index in [1.165, 1.54) is 9.80 Å². The third kappa shape index (κ3) is 3.00. The lowest BCUT2D eigenvalue weighted by Gasteiger charge is -2.53. The van der Waals surface area contributed by atoms with Crippen LogP contribution in [0.4, 0.5) is 5.69 Å². The highest BCUT2D eigenvalue weighted by Crippen LogP contribution is 2.47. The molecule has 0 bridgehead atoms. The van der Waals surface area contributed by atoms with Gasteiger partial charge in [-0.05, 0) is 36.5 Å². The molecule has 1 saturated heterocycles. The van der Waals surface area contributed by atoms with Gasteiger partial charge in [-0.3, -0.25) is 19.4 Å². The third-order valence-corrected chi connectivity index (χ3v) is 7.06. The Hall–Kier alpha value is -2.32. The summed E-state index contributed by atoms with van der Waals surface area (Å²) in [6.07, 6.45) is 4.15. The van der Waals surface area contributed by atoms with Crippen molar-refractivity contribution >= 4 is 35.2 Å². The molecule has 2 aliphatic heterocycles. The van der Waals surface area contributed by atoms with Gasteiger partial charge in [0.2, 0.25) is 5.91 Å². The number of β-lactam (4-membered cyclic amide) rings is 1. The zero-order valence-corrected chi connectivity index (χ0v) is 16.2. The number of fused-ring (bicyclic) bond motifs is 1. The smallest absolute Gasteiger partial charge is 0.352 e. The monoisotopic (exact) mass is 401 g/mol. The quantitative estimate of drug-likeness (QED) is 0.729. The molecular formula is C20H23N3O4S. The van der Waals surface area contributed by atoms with Crippen molar-refractivity contribution in [3.63, 3.8) is 0 Å². The van der Waals surface area contributed by atoms with E-state index in [9.17, 15) is 19.5 Å². The molecule has 7 nitrogen and oxygen atoms in total. The lowest BCUT2D eigenvalue weighted by molar-refractivity contribution is -0.149. The number of thioether (sulfide) groups is 1. The number of hydrogen-bond acceptors (Lipinski definition) is 5. The fourth-order valence-electron chi connectivity index (χ4n) is 4.46. The van der Waals surface area contributed by atoms with Crippen molar-refractivity contribution in [3.05, 3.63) is 41.6 Å². The Morgan fingerprint density at radius 1 is 1.21 bits per heavy atom. The van der Waals surface area contributed by atoms with Gasteiger partial charge in [-0.2, -0.15) is 0 Å². The molecule has 1 aromatic carbocycles. The van der Waals surface area contributed by atoms with Gasteiger partial charge in [0.15, 0.2) is 0 Å². The van der Waals surface area contributed by atoms with Crippen LogP contribution in [-0.4, -0.2) is 51.5 Å². The highest BCUT2D eigenvalue weighted by atomic mass is 32.2. The Kier molecular flexibility index (Phi) is 5.16. The van der Waals surface area contributed by atoms with E-state index in [1.54, 1.807) is 36.0 Å². The largest absolute Gasteiger partial charge is 0.477 e. The number of rotatable bonds is 5. The highest BCUT2D eigenvalue weighted by molar-refractivity contribution is 8.00. The van der Waals surface area contributed by atoms with Gasteiger partial charge in [-0.25, -0.2) is 4.79 Å². The van der Waals surface area contributed by atoms with Gasteiger partial charge in [0.1, 0.15) is 17.1 Å². The maximum Gasteiger partial charge on any atom is 0.352 e. The van der Waals surface area contributed by atoms with Gasteiger partial charge < -0.3 is 10.8 Å². The minimum Gasteiger partial charge on any atom is -0.477 e. The SMILES string of the molecule is NCC(=O)N(c1ccccc1)C1C(=O)N2C(C(=O)O)=C(C3CCCC3)CS[C@@H]12. The lowest BCUT2D eigenvalue weighted by Crippen LogP contribution is -2.72. The molecule has 2 amide bonds. The van der Waals surface area contributed by atoms with E-state index in [1.807, 2.05) is 6.07 Å². The number of amides is 2. The molecule has 2 atom stereocenters. The number of carboxylic acids is 1. The van der Waals surface area contributed by atoms with E-state index in [0.717, 1.165) is 31.3 Å². The summed E-state index contributed by atoms with van der Waals surface area (Å²) in [6.45, 7) is -0.217. The van der Waals surface area contributed by atoms with Crippen molar-refractivity contribution in [1.29, 1.82) is 0 Å². The van der Waals surface area contributed by atoms with Crippen LogP contribution < -0.4 is 10.6 Å². The molecule has 28 heavy (non-hydrogen) atoms. The Morgan fingerprint density at radius 3 is 2.50 bits per heavy atom. The second kappa shape index (κ2) is 7.60. The molecule has 4 rings (SSSR count). The average molecular weight is 401 g/mol. The zero-order valence-electron chi connectivity index (χ0n) is 15.4. The molecule has 1 aliphatic carbocycles. The van der Waals surface area contributed by atoms with Crippen molar-refractivity contribution in [2.45, 2.75) is 37.1 Å². The first-order chi connectivity index (χ1) is 13.5. The van der Waals surface area contributed by atoms with Gasteiger partial charge in [-0.1, -0.05) is 31.0 Å². The Balaban J connectivity index is 1.68. The van der Waals surface area contributed by atoms with Crippen LogP contribution in [0.25, 0.3) is 0 Å². The predicted octanol–water partition coefficient (Wildman–Crippen LogP) is 1.79. The number of hydrogen-bond donors (Lipinski definition) is 2. The number of nitrogens with two attached hydrogens (primary N) is 1. The van der Waals surface area contributed by atoms with Crippen molar-refractivity contribution in [1.82, 2.24) is 4.90 Å². The van der Waals surface area contributed by atoms with E-state index < -0.39 is 17.4 Å². The van der Waals surface area contributed by atoms with Crippen LogP contribution in [0, 0.1) is 5.92 Å². The number of anilines is 1. The van der Waals surface area contributed by atoms with Crippen molar-refractivity contribution < 1.29 is 19.5 Å². The number of para-hydroxylation sites is 1. The number of nitrogens with zero attached hydrogens (tertiary/aromatic N) is 2. The van der Waals surface area contributed by atoms with Gasteiger partial charge in [0.25, 0.3) is 5.91 Å². The molecule has 1 aromatic rings. The molecule has 3 N–H and O–H groups in total. The summed E-state index contributed by atoms with van der Waals surface area (Å²) in [4.78, 5) is 40.5. The number of carbonyl (C=O) groups excluding carboxylic acids is 2. The highest BCUT2D eigenvalue weighted by Gasteiger charge is 2.57. The molecule has 3 aliphatic rings. The summed E-state index contributed by atoms with van der Waals surface area (Å²) in [7, 11) is 0. The van der Waals surface area contributed by atoms with Crippen LogP contribution in [0.5, 0.6) is 0 Å². The first-order valence-electron chi connectivity index (χ1n) is 9.52. The molecule has 148 valence electrons. The van der Waals surface area contributed by atoms with Crippen LogP contribution in [0.1, 0.15) is 25.7 Å². The van der Waals surface area contributed by atoms with Crippen molar-refractivity contribution in [2.24, 2.45) is 11.7 Å². The zero-order chi connectivity index (χ0) is 19.8. The average Bonchev–Trinajstić information content (AvgIpc) is 3.25. The predicted molar refractivity (Wildman–Crippen MR) is 106 cm³/mol. The fraction of sp³-hybridized carbons (Fsp3) is 0.450. The molecule has 0 spiro atoms. The van der Waals surface area contributed by atoms with Gasteiger partial charge >= 0.3 is 5.97 Å². The van der Waals surface area contributed by atoms with Crippen molar-refractivity contribution in [3.8, 4) is 0 Å². The topological polar surface area (TPSA) is 104 Å². The Morgan fingerprint density at radius 2 is 1.89 bits per heavy atom. The van der Waals surface area contributed by atoms with Gasteiger partial charge in [-0.15, -0.1) is 11.8 Å². The van der Waals surface area contributed by atoms with Crippen LogP contribution in [0.2, 0.25) is 0 Å². The Bertz CT molecular complexity index is 835. The number of carbonyl (C=O) groups is 3. The van der Waals surface area contributed by atoms with E-state index >= 15 is 0 Å². The fourth-order valence-corrected chi connectivity index (χ4v) is 5.96. The minimum atomic E-state index is -1.06. The first kappa shape index (κ1) is 19.0. The minimum absolute atomic E-state index is 0.130. The summed E-state index contributed by atoms with van der Waals surface area (Å²) < 4.78 is 0. The summed E-state index contributed by atoms with van der Waals surface area (Å²) in [5, 5.41) is 9.44. The summed E-state index contributed by atoms with van der Waals surface area (Å²) >= 11 is 1.54. The number of benzene rings is 1. The molecule has 8 heteroatoms. The van der Waals surface area contributed by atoms with Crippen LogP contribution in [-0.2, 0) is 14.4 Å². The normalized spacial score (nSPS) is 24.8. The summed E-state index contributed by atoms with van der Waals surface area (Å²) in [6, 6.07) is 8.20. The van der Waals surface area contributed by atoms with Crippen LogP contribution >= 0.6 is 11.8 Å². The van der Waals surface area contributed by atoms with Crippen LogP contribution in [0.15, 0.2) is 41.6 Å². The summed E-state index contributed by atoms with van der Waals surface area (Å²) in [5.41, 5.74) is 7.19. The molecule has 0 aromatic heterocycles. The lowest BCUT2D eigenvalue weighted by atomic mass is 9.93. The molecular weight excluding hydrogens is 378 g/mol. The van der Waals surface area contributed by atoms with E-state index in [-0.39, 0.29) is 30.0 Å². The van der Waals surface area contributed by atoms with Gasteiger partial charge in [0.05, 0.1) is 6.54 Å². The standard InChI is InChI=1S/C20H23N3O4S/c21-10-15(24)22(13-8-2-1-3-9-13)17-18(25)23-16(20(26)27)14(11-28-19(17)23)12-6-4-5-7-12/h1-3,8-9,12,17,19H,4-7,10-11,21H2,(H,26,27)/t17?,19-/m0/s1. The molecule has 0 radical (unpaired) electrons. The summed E-state index contributed by atoms with van der Waals surface area (Å²) in [5.74, 6) is -0.947.